The fourth-order valence-electron chi connectivity index (χ4n) is 2.79. The Morgan fingerprint density at radius 1 is 1.41 bits per heavy atom. The van der Waals surface area contributed by atoms with E-state index < -0.39 is 41.7 Å². The van der Waals surface area contributed by atoms with E-state index in [9.17, 15) is 9.90 Å². The van der Waals surface area contributed by atoms with Gasteiger partial charge in [-0.15, -0.1) is 0 Å². The number of aliphatic hydroxyl groups excluding tert-OH is 1. The second-order valence-corrected chi connectivity index (χ2v) is 4.85. The topological polar surface area (TPSA) is 114 Å². The maximum Gasteiger partial charge on any atom is 0.324 e. The van der Waals surface area contributed by atoms with E-state index in [0.29, 0.717) is 0 Å². The Bertz CT molecular complexity index is 446. The zero-order chi connectivity index (χ0) is 12.4. The van der Waals surface area contributed by atoms with E-state index in [2.05, 4.69) is 10.0 Å². The first-order valence-electron chi connectivity index (χ1n) is 5.23. The lowest BCUT2D eigenvalue weighted by Gasteiger charge is -2.27. The first-order valence-corrected chi connectivity index (χ1v) is 5.23. The summed E-state index contributed by atoms with van der Waals surface area (Å²) in [5, 5.41) is 13.4. The number of ether oxygens (including phenoxy) is 3. The van der Waals surface area contributed by atoms with Gasteiger partial charge in [0.15, 0.2) is 11.9 Å². The fourth-order valence-corrected chi connectivity index (χ4v) is 2.79. The number of hydrogen-bond donors (Lipinski definition) is 1. The molecule has 1 N–H and O–H groups in total. The first kappa shape index (κ1) is 10.8. The van der Waals surface area contributed by atoms with Crippen molar-refractivity contribution in [3.8, 4) is 0 Å². The standard InChI is InChI=1S/C9H11N3O5/c1-8(2)16-4-3-5(13)9(11-12-10,6(4)17-8)7(14)15-3/h3-6,13H,1-2H3/t3-,4+,5-,6+,9+/m1/s1. The van der Waals surface area contributed by atoms with Crippen molar-refractivity contribution in [1.29, 1.82) is 0 Å². The van der Waals surface area contributed by atoms with E-state index in [-0.39, 0.29) is 0 Å². The van der Waals surface area contributed by atoms with E-state index in [1.165, 1.54) is 0 Å². The monoisotopic (exact) mass is 241 g/mol. The van der Waals surface area contributed by atoms with E-state index >= 15 is 0 Å². The first-order chi connectivity index (χ1) is 7.92. The summed E-state index contributed by atoms with van der Waals surface area (Å²) in [5.74, 6) is -1.65. The van der Waals surface area contributed by atoms with Gasteiger partial charge in [-0.2, -0.15) is 0 Å². The molecular formula is C9H11N3O5. The third kappa shape index (κ3) is 1.08. The summed E-state index contributed by atoms with van der Waals surface area (Å²) in [5.41, 5.74) is 6.86. The number of carbonyl (C=O) groups is 1. The van der Waals surface area contributed by atoms with Crippen molar-refractivity contribution in [2.75, 3.05) is 0 Å². The highest BCUT2D eigenvalue weighted by Gasteiger charge is 2.76. The summed E-state index contributed by atoms with van der Waals surface area (Å²) in [6, 6.07) is 0. The van der Waals surface area contributed by atoms with Crippen LogP contribution in [0.25, 0.3) is 10.4 Å². The Morgan fingerprint density at radius 2 is 2.12 bits per heavy atom. The lowest BCUT2D eigenvalue weighted by Crippen LogP contribution is -2.52. The van der Waals surface area contributed by atoms with Crippen LogP contribution in [0.15, 0.2) is 5.11 Å². The molecule has 8 nitrogen and oxygen atoms in total. The number of azide groups is 1. The molecule has 0 aromatic heterocycles. The summed E-state index contributed by atoms with van der Waals surface area (Å²) in [4.78, 5) is 14.4. The van der Waals surface area contributed by atoms with Gasteiger partial charge in [-0.3, -0.25) is 4.79 Å². The average molecular weight is 241 g/mol. The number of nitrogens with zero attached hydrogens (tertiary/aromatic N) is 3. The minimum atomic E-state index is -1.71. The molecule has 2 saturated heterocycles. The van der Waals surface area contributed by atoms with Gasteiger partial charge in [0.1, 0.15) is 18.3 Å². The van der Waals surface area contributed by atoms with Gasteiger partial charge in [0.05, 0.1) is 0 Å². The molecule has 3 aliphatic rings. The van der Waals surface area contributed by atoms with Crippen LogP contribution >= 0.6 is 0 Å². The smallest absolute Gasteiger partial charge is 0.324 e. The van der Waals surface area contributed by atoms with E-state index in [1.54, 1.807) is 13.8 Å². The van der Waals surface area contributed by atoms with Gasteiger partial charge in [0, 0.05) is 4.91 Å². The molecule has 2 aliphatic heterocycles. The largest absolute Gasteiger partial charge is 0.456 e. The lowest BCUT2D eigenvalue weighted by molar-refractivity contribution is -0.168. The SMILES string of the molecule is CC1(C)O[C@H]2[C@H]3OC(=O)[C@](N=[N+]=[N-])([C@@H]3O)[C@H]2O1. The Hall–Kier alpha value is -1.34. The van der Waals surface area contributed by atoms with Crippen molar-refractivity contribution in [2.45, 2.75) is 49.6 Å². The normalized spacial score (nSPS) is 49.7. The van der Waals surface area contributed by atoms with Crippen LogP contribution in [-0.2, 0) is 19.0 Å². The summed E-state index contributed by atoms with van der Waals surface area (Å²) in [6.07, 6.45) is -3.45. The van der Waals surface area contributed by atoms with Gasteiger partial charge in [-0.1, -0.05) is 5.11 Å². The third-order valence-corrected chi connectivity index (χ3v) is 3.43. The molecule has 1 aliphatic carbocycles. The molecule has 17 heavy (non-hydrogen) atoms. The van der Waals surface area contributed by atoms with Crippen molar-refractivity contribution in [2.24, 2.45) is 5.11 Å². The predicted molar refractivity (Wildman–Crippen MR) is 51.6 cm³/mol. The maximum atomic E-state index is 11.7. The molecule has 0 amide bonds. The summed E-state index contributed by atoms with van der Waals surface area (Å²) >= 11 is 0. The zero-order valence-corrected chi connectivity index (χ0v) is 9.23. The Kier molecular flexibility index (Phi) is 1.85. The highest BCUT2D eigenvalue weighted by molar-refractivity contribution is 5.87. The van der Waals surface area contributed by atoms with Crippen molar-refractivity contribution in [3.05, 3.63) is 10.4 Å². The van der Waals surface area contributed by atoms with Crippen molar-refractivity contribution < 1.29 is 24.1 Å². The van der Waals surface area contributed by atoms with Gasteiger partial charge in [-0.25, -0.2) is 0 Å². The molecule has 8 heteroatoms. The minimum absolute atomic E-state index is 0.594. The Balaban J connectivity index is 2.10. The fraction of sp³-hybridized carbons (Fsp3) is 0.889. The van der Waals surface area contributed by atoms with Crippen LogP contribution in [0.2, 0.25) is 0 Å². The van der Waals surface area contributed by atoms with Gasteiger partial charge < -0.3 is 19.3 Å². The van der Waals surface area contributed by atoms with Gasteiger partial charge in [0.2, 0.25) is 5.54 Å². The second kappa shape index (κ2) is 2.91. The average Bonchev–Trinajstić information content (AvgIpc) is 2.73. The molecule has 0 aromatic rings. The van der Waals surface area contributed by atoms with Crippen molar-refractivity contribution >= 4 is 5.97 Å². The highest BCUT2D eigenvalue weighted by atomic mass is 16.8. The molecule has 3 rings (SSSR count). The van der Waals surface area contributed by atoms with Crippen LogP contribution in [0.1, 0.15) is 13.8 Å². The number of rotatable bonds is 1. The number of fused-ring (bicyclic) bond motifs is 5. The predicted octanol–water partition coefficient (Wildman–Crippen LogP) is -0.145. The summed E-state index contributed by atoms with van der Waals surface area (Å²) in [7, 11) is 0. The molecule has 2 heterocycles. The van der Waals surface area contributed by atoms with Gasteiger partial charge in [0.25, 0.3) is 0 Å². The van der Waals surface area contributed by atoms with Crippen molar-refractivity contribution in [1.82, 2.24) is 0 Å². The molecule has 0 aromatic carbocycles. The molecule has 0 unspecified atom stereocenters. The molecular weight excluding hydrogens is 230 g/mol. The molecule has 1 saturated carbocycles. The van der Waals surface area contributed by atoms with Crippen LogP contribution in [0.5, 0.6) is 0 Å². The van der Waals surface area contributed by atoms with Crippen LogP contribution < -0.4 is 0 Å². The molecule has 5 atom stereocenters. The second-order valence-electron chi connectivity index (χ2n) is 4.85. The molecule has 2 bridgehead atoms. The maximum absolute atomic E-state index is 11.7. The molecule has 92 valence electrons. The number of esters is 1. The van der Waals surface area contributed by atoms with E-state index in [4.69, 9.17) is 19.7 Å². The summed E-state index contributed by atoms with van der Waals surface area (Å²) in [6.45, 7) is 3.37. The van der Waals surface area contributed by atoms with Gasteiger partial charge in [-0.05, 0) is 19.4 Å². The number of carbonyl (C=O) groups excluding carboxylic acids is 1. The van der Waals surface area contributed by atoms with Crippen LogP contribution in [0.4, 0.5) is 0 Å². The molecule has 0 spiro atoms. The van der Waals surface area contributed by atoms with Gasteiger partial charge >= 0.3 is 5.97 Å². The zero-order valence-electron chi connectivity index (χ0n) is 9.23. The van der Waals surface area contributed by atoms with E-state index in [0.717, 1.165) is 0 Å². The number of hydrogen-bond acceptors (Lipinski definition) is 6. The minimum Gasteiger partial charge on any atom is -0.456 e. The van der Waals surface area contributed by atoms with Crippen LogP contribution in [0, 0.1) is 0 Å². The quantitative estimate of drug-likeness (QED) is 0.297. The third-order valence-electron chi connectivity index (χ3n) is 3.43. The number of aliphatic hydroxyl groups is 1. The Labute approximate surface area is 96.1 Å². The Morgan fingerprint density at radius 3 is 2.76 bits per heavy atom. The molecule has 3 fully saturated rings. The lowest BCUT2D eigenvalue weighted by atomic mass is 9.95. The molecule has 0 radical (unpaired) electrons. The van der Waals surface area contributed by atoms with Crippen LogP contribution in [-0.4, -0.2) is 46.8 Å². The van der Waals surface area contributed by atoms with Crippen LogP contribution in [0.3, 0.4) is 0 Å². The van der Waals surface area contributed by atoms with Crippen molar-refractivity contribution in [3.63, 3.8) is 0 Å². The highest BCUT2D eigenvalue weighted by Crippen LogP contribution is 2.52. The van der Waals surface area contributed by atoms with E-state index in [1.807, 2.05) is 0 Å². The summed E-state index contributed by atoms with van der Waals surface area (Å²) < 4.78 is 16.1.